The molecular formula is C18H17N5OS. The number of carbonyl (C=O) groups excluding carboxylic acids is 1. The number of anilines is 1. The third kappa shape index (κ3) is 3.49. The lowest BCUT2D eigenvalue weighted by molar-refractivity contribution is -0.115. The smallest absolute Gasteiger partial charge is 0.238 e. The monoisotopic (exact) mass is 351 g/mol. The Balaban J connectivity index is 1.78. The molecular weight excluding hydrogens is 334 g/mol. The molecule has 0 radical (unpaired) electrons. The van der Waals surface area contributed by atoms with Crippen LogP contribution >= 0.6 is 11.8 Å². The number of nitriles is 1. The van der Waals surface area contributed by atoms with E-state index in [2.05, 4.69) is 15.4 Å². The van der Waals surface area contributed by atoms with Crippen LogP contribution in [0, 0.1) is 18.3 Å². The van der Waals surface area contributed by atoms with Crippen LogP contribution in [-0.2, 0) is 11.8 Å². The van der Waals surface area contributed by atoms with Crippen molar-refractivity contribution in [2.75, 3.05) is 5.32 Å². The third-order valence-electron chi connectivity index (χ3n) is 3.87. The summed E-state index contributed by atoms with van der Waals surface area (Å²) in [6.07, 6.45) is 1.43. The van der Waals surface area contributed by atoms with Crippen LogP contribution in [0.5, 0.6) is 0 Å². The van der Waals surface area contributed by atoms with Crippen molar-refractivity contribution in [3.8, 4) is 6.07 Å². The van der Waals surface area contributed by atoms with Gasteiger partial charge in [0, 0.05) is 12.4 Å². The lowest BCUT2D eigenvalue weighted by Gasteiger charge is -2.13. The maximum absolute atomic E-state index is 12.5. The zero-order chi connectivity index (χ0) is 18.0. The molecule has 0 fully saturated rings. The Morgan fingerprint density at radius 3 is 2.92 bits per heavy atom. The topological polar surface area (TPSA) is 83.6 Å². The van der Waals surface area contributed by atoms with E-state index in [1.807, 2.05) is 50.2 Å². The minimum absolute atomic E-state index is 0.197. The Morgan fingerprint density at radius 2 is 2.16 bits per heavy atom. The van der Waals surface area contributed by atoms with E-state index in [1.165, 1.54) is 22.6 Å². The molecule has 3 aromatic rings. The van der Waals surface area contributed by atoms with Gasteiger partial charge in [-0.05, 0) is 31.5 Å². The number of fused-ring (bicyclic) bond motifs is 1. The Kier molecular flexibility index (Phi) is 4.72. The lowest BCUT2D eigenvalue weighted by Crippen LogP contribution is -2.24. The fourth-order valence-electron chi connectivity index (χ4n) is 2.50. The van der Waals surface area contributed by atoms with Crippen molar-refractivity contribution in [3.05, 3.63) is 47.7 Å². The van der Waals surface area contributed by atoms with Crippen LogP contribution in [0.15, 0.2) is 41.6 Å². The second-order valence-electron chi connectivity index (χ2n) is 5.69. The van der Waals surface area contributed by atoms with Gasteiger partial charge in [0.25, 0.3) is 0 Å². The van der Waals surface area contributed by atoms with Gasteiger partial charge in [-0.1, -0.05) is 30.0 Å². The zero-order valence-electron chi connectivity index (χ0n) is 14.1. The number of nitrogens with zero attached hydrogens (tertiary/aromatic N) is 4. The maximum atomic E-state index is 12.5. The van der Waals surface area contributed by atoms with Crippen molar-refractivity contribution in [3.63, 3.8) is 0 Å². The van der Waals surface area contributed by atoms with Gasteiger partial charge in [-0.2, -0.15) is 10.4 Å². The number of carbonyl (C=O) groups is 1. The number of aromatic nitrogens is 3. The SMILES string of the molecule is Cc1cc(SC(C)C(=O)Nc2c(C#N)cnn2C)nc2ccccc12. The molecule has 1 amide bonds. The molecule has 0 saturated carbocycles. The molecule has 25 heavy (non-hydrogen) atoms. The first kappa shape index (κ1) is 17.0. The van der Waals surface area contributed by atoms with Crippen LogP contribution in [0.1, 0.15) is 18.1 Å². The summed E-state index contributed by atoms with van der Waals surface area (Å²) >= 11 is 1.39. The maximum Gasteiger partial charge on any atom is 0.238 e. The number of thioether (sulfide) groups is 1. The van der Waals surface area contributed by atoms with Gasteiger partial charge in [-0.15, -0.1) is 0 Å². The van der Waals surface area contributed by atoms with Gasteiger partial charge in [-0.3, -0.25) is 9.48 Å². The minimum atomic E-state index is -0.366. The largest absolute Gasteiger partial charge is 0.309 e. The van der Waals surface area contributed by atoms with Crippen LogP contribution in [0.25, 0.3) is 10.9 Å². The molecule has 0 bridgehead atoms. The van der Waals surface area contributed by atoms with E-state index in [1.54, 1.807) is 7.05 Å². The molecule has 6 nitrogen and oxygen atoms in total. The lowest BCUT2D eigenvalue weighted by atomic mass is 10.1. The molecule has 1 aromatic carbocycles. The molecule has 0 aliphatic heterocycles. The number of hydrogen-bond acceptors (Lipinski definition) is 5. The average molecular weight is 351 g/mol. The number of pyridine rings is 1. The molecule has 126 valence electrons. The van der Waals surface area contributed by atoms with Crippen molar-refractivity contribution in [1.82, 2.24) is 14.8 Å². The molecule has 2 aromatic heterocycles. The number of aryl methyl sites for hydroxylation is 2. The van der Waals surface area contributed by atoms with Crippen LogP contribution in [0.3, 0.4) is 0 Å². The highest BCUT2D eigenvalue weighted by atomic mass is 32.2. The highest BCUT2D eigenvalue weighted by Gasteiger charge is 2.19. The minimum Gasteiger partial charge on any atom is -0.309 e. The Hall–Kier alpha value is -2.85. The first-order valence-electron chi connectivity index (χ1n) is 7.75. The summed E-state index contributed by atoms with van der Waals surface area (Å²) in [5.74, 6) is 0.209. The molecule has 0 spiro atoms. The number of rotatable bonds is 4. The van der Waals surface area contributed by atoms with Gasteiger partial charge in [0.2, 0.25) is 5.91 Å². The van der Waals surface area contributed by atoms with Crippen LogP contribution in [-0.4, -0.2) is 25.9 Å². The van der Waals surface area contributed by atoms with Crippen molar-refractivity contribution in [2.45, 2.75) is 24.1 Å². The average Bonchev–Trinajstić information content (AvgIpc) is 2.95. The fourth-order valence-corrected chi connectivity index (χ4v) is 3.42. The molecule has 1 N–H and O–H groups in total. The Labute approximate surface area is 149 Å². The highest BCUT2D eigenvalue weighted by molar-refractivity contribution is 8.00. The van der Waals surface area contributed by atoms with Crippen molar-refractivity contribution >= 4 is 34.4 Å². The first-order valence-corrected chi connectivity index (χ1v) is 8.63. The third-order valence-corrected chi connectivity index (χ3v) is 4.89. The molecule has 1 atom stereocenters. The van der Waals surface area contributed by atoms with E-state index in [0.717, 1.165) is 21.5 Å². The summed E-state index contributed by atoms with van der Waals surface area (Å²) < 4.78 is 1.48. The number of para-hydroxylation sites is 1. The Bertz CT molecular complexity index is 989. The van der Waals surface area contributed by atoms with Gasteiger partial charge in [-0.25, -0.2) is 4.98 Å². The number of hydrogen-bond donors (Lipinski definition) is 1. The van der Waals surface area contributed by atoms with Gasteiger partial charge in [0.1, 0.15) is 17.5 Å². The normalized spacial score (nSPS) is 11.9. The van der Waals surface area contributed by atoms with Gasteiger partial charge < -0.3 is 5.32 Å². The number of nitrogens with one attached hydrogen (secondary N) is 1. The van der Waals surface area contributed by atoms with Crippen LogP contribution in [0.2, 0.25) is 0 Å². The molecule has 1 unspecified atom stereocenters. The van der Waals surface area contributed by atoms with E-state index < -0.39 is 0 Å². The van der Waals surface area contributed by atoms with Gasteiger partial charge in [0.15, 0.2) is 0 Å². The standard InChI is InChI=1S/C18H17N5OS/c1-11-8-16(21-15-7-5-4-6-14(11)15)25-12(2)18(24)22-17-13(9-19)10-20-23(17)3/h4-8,10,12H,1-3H3,(H,22,24). The fraction of sp³-hybridized carbons (Fsp3) is 0.222. The van der Waals surface area contributed by atoms with E-state index in [4.69, 9.17) is 5.26 Å². The van der Waals surface area contributed by atoms with E-state index >= 15 is 0 Å². The van der Waals surface area contributed by atoms with Gasteiger partial charge >= 0.3 is 0 Å². The molecule has 0 aliphatic carbocycles. The van der Waals surface area contributed by atoms with Crippen molar-refractivity contribution < 1.29 is 4.79 Å². The first-order chi connectivity index (χ1) is 12.0. The predicted molar refractivity (Wildman–Crippen MR) is 98.4 cm³/mol. The van der Waals surface area contributed by atoms with E-state index in [-0.39, 0.29) is 11.2 Å². The predicted octanol–water partition coefficient (Wildman–Crippen LogP) is 3.27. The summed E-state index contributed by atoms with van der Waals surface area (Å²) in [5.41, 5.74) is 2.38. The second-order valence-corrected chi connectivity index (χ2v) is 7.05. The number of amides is 1. The van der Waals surface area contributed by atoms with Crippen molar-refractivity contribution in [2.24, 2.45) is 7.05 Å². The molecule has 3 rings (SSSR count). The number of benzene rings is 1. The van der Waals surface area contributed by atoms with Crippen LogP contribution < -0.4 is 5.32 Å². The van der Waals surface area contributed by atoms with E-state index in [0.29, 0.717) is 11.4 Å². The van der Waals surface area contributed by atoms with E-state index in [9.17, 15) is 4.79 Å². The quantitative estimate of drug-likeness (QED) is 0.729. The summed E-state index contributed by atoms with van der Waals surface area (Å²) in [6, 6.07) is 11.9. The molecule has 0 saturated heterocycles. The summed E-state index contributed by atoms with van der Waals surface area (Å²) in [7, 11) is 1.68. The molecule has 0 aliphatic rings. The molecule has 7 heteroatoms. The summed E-state index contributed by atoms with van der Waals surface area (Å²) in [4.78, 5) is 17.1. The zero-order valence-corrected chi connectivity index (χ0v) is 15.0. The van der Waals surface area contributed by atoms with Gasteiger partial charge in [0.05, 0.1) is 22.0 Å². The Morgan fingerprint density at radius 1 is 1.40 bits per heavy atom. The second kappa shape index (κ2) is 6.95. The van der Waals surface area contributed by atoms with Crippen molar-refractivity contribution in [1.29, 1.82) is 5.26 Å². The summed E-state index contributed by atoms with van der Waals surface area (Å²) in [5, 5.41) is 17.4. The highest BCUT2D eigenvalue weighted by Crippen LogP contribution is 2.27. The molecule has 2 heterocycles. The van der Waals surface area contributed by atoms with Crippen LogP contribution in [0.4, 0.5) is 5.82 Å². The summed E-state index contributed by atoms with van der Waals surface area (Å²) in [6.45, 7) is 3.85.